The lowest BCUT2D eigenvalue weighted by atomic mass is 10.0. The number of anilines is 1. The quantitative estimate of drug-likeness (QED) is 0.416. The first kappa shape index (κ1) is 25.5. The zero-order chi connectivity index (χ0) is 25.2. The molecule has 0 aliphatic carbocycles. The average Bonchev–Trinajstić information content (AvgIpc) is 2.80. The number of nitrogens with zero attached hydrogens (tertiary/aromatic N) is 2. The van der Waals surface area contributed by atoms with E-state index in [0.29, 0.717) is 31.7 Å². The number of alkyl halides is 3. The van der Waals surface area contributed by atoms with Gasteiger partial charge < -0.3 is 4.90 Å². The first-order valence-electron chi connectivity index (χ1n) is 11.2. The van der Waals surface area contributed by atoms with Crippen molar-refractivity contribution >= 4 is 27.1 Å². The summed E-state index contributed by atoms with van der Waals surface area (Å²) in [5, 5.41) is -0.300. The molecule has 0 unspecified atom stereocenters. The van der Waals surface area contributed by atoms with Gasteiger partial charge in [0, 0.05) is 44.2 Å². The van der Waals surface area contributed by atoms with E-state index >= 15 is 0 Å². The second-order valence-corrected chi connectivity index (χ2v) is 11.3. The van der Waals surface area contributed by atoms with E-state index in [4.69, 9.17) is 11.6 Å². The van der Waals surface area contributed by atoms with Gasteiger partial charge in [-0.25, -0.2) is 8.42 Å². The highest BCUT2D eigenvalue weighted by molar-refractivity contribution is 7.90. The zero-order valence-electron chi connectivity index (χ0n) is 19.2. The predicted molar refractivity (Wildman–Crippen MR) is 133 cm³/mol. The molecule has 0 amide bonds. The molecule has 3 aromatic carbocycles. The number of benzene rings is 3. The Labute approximate surface area is 208 Å². The van der Waals surface area contributed by atoms with Crippen molar-refractivity contribution in [3.8, 4) is 0 Å². The molecular weight excluding hydrogens is 497 g/mol. The molecule has 1 aliphatic heterocycles. The summed E-state index contributed by atoms with van der Waals surface area (Å²) >= 11 is 5.96. The van der Waals surface area contributed by atoms with E-state index in [1.54, 1.807) is 18.2 Å². The van der Waals surface area contributed by atoms with Gasteiger partial charge in [0.15, 0.2) is 9.84 Å². The Bertz CT molecular complexity index is 1280. The van der Waals surface area contributed by atoms with E-state index in [9.17, 15) is 21.6 Å². The molecular formula is C26H26ClF3N2O2S. The number of halogens is 4. The molecule has 9 heteroatoms. The van der Waals surface area contributed by atoms with Crippen molar-refractivity contribution in [3.05, 3.63) is 94.5 Å². The Morgan fingerprint density at radius 3 is 2.34 bits per heavy atom. The van der Waals surface area contributed by atoms with Crippen LogP contribution in [0.4, 0.5) is 18.9 Å². The molecule has 1 aliphatic rings. The Kier molecular flexibility index (Phi) is 7.45. The van der Waals surface area contributed by atoms with Gasteiger partial charge in [0.05, 0.1) is 15.5 Å². The van der Waals surface area contributed by atoms with Gasteiger partial charge in [-0.3, -0.25) is 4.90 Å². The van der Waals surface area contributed by atoms with Gasteiger partial charge in [-0.05, 0) is 47.9 Å². The maximum Gasteiger partial charge on any atom is 0.417 e. The van der Waals surface area contributed by atoms with Crippen LogP contribution in [0.5, 0.6) is 0 Å². The molecule has 1 heterocycles. The molecule has 1 saturated heterocycles. The lowest BCUT2D eigenvalue weighted by Gasteiger charge is -2.43. The SMILES string of the molecule is CS(=O)(=O)c1cccc(N2CCN(Cc3ccc(C(F)(F)F)c(Cl)c3)[C@H](Cc3ccccc3)C2)c1. The molecule has 35 heavy (non-hydrogen) atoms. The van der Waals surface area contributed by atoms with Crippen LogP contribution in [-0.2, 0) is 29.0 Å². The normalized spacial score (nSPS) is 17.5. The molecule has 4 rings (SSSR count). The fourth-order valence-corrected chi connectivity index (χ4v) is 5.42. The summed E-state index contributed by atoms with van der Waals surface area (Å²) in [5.74, 6) is 0. The average molecular weight is 523 g/mol. The molecule has 0 aromatic heterocycles. The Morgan fingerprint density at radius 1 is 0.943 bits per heavy atom. The minimum absolute atomic E-state index is 0.0640. The van der Waals surface area contributed by atoms with Gasteiger partial charge in [-0.1, -0.05) is 54.1 Å². The monoisotopic (exact) mass is 522 g/mol. The Hall–Kier alpha value is -2.55. The molecule has 0 saturated carbocycles. The van der Waals surface area contributed by atoms with Crippen molar-refractivity contribution in [2.75, 3.05) is 30.8 Å². The van der Waals surface area contributed by atoms with Crippen LogP contribution < -0.4 is 4.90 Å². The van der Waals surface area contributed by atoms with Crippen LogP contribution in [0, 0.1) is 0 Å². The van der Waals surface area contributed by atoms with Crippen LogP contribution in [0.15, 0.2) is 77.7 Å². The van der Waals surface area contributed by atoms with E-state index < -0.39 is 21.6 Å². The topological polar surface area (TPSA) is 40.6 Å². The Morgan fingerprint density at radius 2 is 1.69 bits per heavy atom. The van der Waals surface area contributed by atoms with E-state index in [2.05, 4.69) is 21.9 Å². The lowest BCUT2D eigenvalue weighted by molar-refractivity contribution is -0.137. The first-order chi connectivity index (χ1) is 16.5. The van der Waals surface area contributed by atoms with Gasteiger partial charge in [-0.15, -0.1) is 0 Å². The van der Waals surface area contributed by atoms with Gasteiger partial charge in [0.25, 0.3) is 0 Å². The largest absolute Gasteiger partial charge is 0.417 e. The first-order valence-corrected chi connectivity index (χ1v) is 13.5. The Balaban J connectivity index is 1.58. The standard InChI is InChI=1S/C26H26ClF3N2O2S/c1-35(33,34)23-9-5-8-21(16-23)32-13-12-31(22(18-32)14-19-6-3-2-4-7-19)17-20-10-11-24(25(27)15-20)26(28,29)30/h2-11,15-16,22H,12-14,17-18H2,1H3/t22-/m1/s1. The van der Waals surface area contributed by atoms with E-state index in [1.807, 2.05) is 24.3 Å². The van der Waals surface area contributed by atoms with Crippen LogP contribution in [-0.4, -0.2) is 45.2 Å². The number of hydrogen-bond acceptors (Lipinski definition) is 4. The number of hydrogen-bond donors (Lipinski definition) is 0. The summed E-state index contributed by atoms with van der Waals surface area (Å²) in [6, 6.07) is 20.9. The fraction of sp³-hybridized carbons (Fsp3) is 0.308. The van der Waals surface area contributed by atoms with E-state index in [-0.39, 0.29) is 16.0 Å². The third kappa shape index (κ3) is 6.37. The number of piperazine rings is 1. The summed E-state index contributed by atoms with van der Waals surface area (Å²) in [4.78, 5) is 4.69. The van der Waals surface area contributed by atoms with Crippen LogP contribution in [0.2, 0.25) is 5.02 Å². The smallest absolute Gasteiger partial charge is 0.369 e. The molecule has 0 spiro atoms. The molecule has 0 radical (unpaired) electrons. The van der Waals surface area contributed by atoms with Gasteiger partial charge in [0.1, 0.15) is 0 Å². The van der Waals surface area contributed by atoms with Crippen molar-refractivity contribution in [2.45, 2.75) is 30.1 Å². The highest BCUT2D eigenvalue weighted by Gasteiger charge is 2.33. The van der Waals surface area contributed by atoms with E-state index in [1.165, 1.54) is 18.4 Å². The molecule has 0 N–H and O–H groups in total. The molecule has 1 fully saturated rings. The van der Waals surface area contributed by atoms with Crippen LogP contribution in [0.25, 0.3) is 0 Å². The van der Waals surface area contributed by atoms with Crippen molar-refractivity contribution < 1.29 is 21.6 Å². The van der Waals surface area contributed by atoms with E-state index in [0.717, 1.165) is 23.7 Å². The van der Waals surface area contributed by atoms with Crippen LogP contribution >= 0.6 is 11.6 Å². The highest BCUT2D eigenvalue weighted by Crippen LogP contribution is 2.35. The van der Waals surface area contributed by atoms with Crippen molar-refractivity contribution in [1.29, 1.82) is 0 Å². The van der Waals surface area contributed by atoms with Crippen LogP contribution in [0.3, 0.4) is 0 Å². The summed E-state index contributed by atoms with van der Waals surface area (Å²) in [6.45, 7) is 2.44. The van der Waals surface area contributed by atoms with Gasteiger partial charge in [-0.2, -0.15) is 13.2 Å². The second-order valence-electron chi connectivity index (χ2n) is 8.84. The maximum atomic E-state index is 13.1. The minimum atomic E-state index is -4.49. The number of sulfone groups is 1. The fourth-order valence-electron chi connectivity index (χ4n) is 4.45. The molecule has 0 bridgehead atoms. The van der Waals surface area contributed by atoms with Gasteiger partial charge in [0.2, 0.25) is 0 Å². The van der Waals surface area contributed by atoms with Crippen molar-refractivity contribution in [3.63, 3.8) is 0 Å². The number of rotatable bonds is 6. The van der Waals surface area contributed by atoms with Crippen molar-refractivity contribution in [2.24, 2.45) is 0 Å². The summed E-state index contributed by atoms with van der Waals surface area (Å²) in [5.41, 5.74) is 1.87. The van der Waals surface area contributed by atoms with Gasteiger partial charge >= 0.3 is 6.18 Å². The lowest BCUT2D eigenvalue weighted by Crippen LogP contribution is -2.53. The molecule has 3 aromatic rings. The minimum Gasteiger partial charge on any atom is -0.369 e. The zero-order valence-corrected chi connectivity index (χ0v) is 20.7. The van der Waals surface area contributed by atoms with Crippen LogP contribution in [0.1, 0.15) is 16.7 Å². The predicted octanol–water partition coefficient (Wildman–Crippen LogP) is 5.70. The summed E-state index contributed by atoms with van der Waals surface area (Å²) < 4.78 is 63.4. The maximum absolute atomic E-state index is 13.1. The third-order valence-electron chi connectivity index (χ3n) is 6.25. The highest BCUT2D eigenvalue weighted by atomic mass is 35.5. The second kappa shape index (κ2) is 10.2. The summed E-state index contributed by atoms with van der Waals surface area (Å²) in [6.07, 6.45) is -2.55. The summed E-state index contributed by atoms with van der Waals surface area (Å²) in [7, 11) is -3.33. The third-order valence-corrected chi connectivity index (χ3v) is 7.68. The molecule has 186 valence electrons. The molecule has 4 nitrogen and oxygen atoms in total. The van der Waals surface area contributed by atoms with Crippen molar-refractivity contribution in [1.82, 2.24) is 4.90 Å². The molecule has 1 atom stereocenters.